The Morgan fingerprint density at radius 1 is 0.969 bits per heavy atom. The monoisotopic (exact) mass is 434 g/mol. The fourth-order valence-electron chi connectivity index (χ4n) is 4.61. The van der Waals surface area contributed by atoms with Crippen LogP contribution in [0.5, 0.6) is 0 Å². The fourth-order valence-corrected chi connectivity index (χ4v) is 4.61. The van der Waals surface area contributed by atoms with Crippen molar-refractivity contribution < 1.29 is 14.3 Å². The van der Waals surface area contributed by atoms with Crippen molar-refractivity contribution in [2.24, 2.45) is 0 Å². The third-order valence-corrected chi connectivity index (χ3v) is 6.50. The minimum absolute atomic E-state index is 0.102. The Labute approximate surface area is 191 Å². The van der Waals surface area contributed by atoms with Crippen molar-refractivity contribution in [3.8, 4) is 11.1 Å². The quantitative estimate of drug-likeness (QED) is 0.607. The van der Waals surface area contributed by atoms with Crippen molar-refractivity contribution in [1.82, 2.24) is 9.80 Å². The summed E-state index contributed by atoms with van der Waals surface area (Å²) < 4.78 is 5.82. The molecule has 170 valence electrons. The molecule has 5 nitrogen and oxygen atoms in total. The maximum atomic E-state index is 13.2. The molecule has 0 radical (unpaired) electrons. The van der Waals surface area contributed by atoms with E-state index in [-0.39, 0.29) is 17.9 Å². The number of rotatable bonds is 8. The molecule has 5 heteroatoms. The van der Waals surface area contributed by atoms with Crippen LogP contribution in [0.2, 0.25) is 0 Å². The molecule has 0 spiro atoms. The van der Waals surface area contributed by atoms with E-state index in [1.165, 1.54) is 11.1 Å². The highest BCUT2D eigenvalue weighted by Gasteiger charge is 2.24. The number of hydrogen-bond donors (Lipinski definition) is 0. The molecule has 0 saturated carbocycles. The van der Waals surface area contributed by atoms with Gasteiger partial charge in [0.2, 0.25) is 11.8 Å². The van der Waals surface area contributed by atoms with E-state index in [1.807, 2.05) is 28.0 Å². The van der Waals surface area contributed by atoms with Gasteiger partial charge < -0.3 is 14.5 Å². The molecule has 0 aliphatic carbocycles. The van der Waals surface area contributed by atoms with Crippen LogP contribution in [0.1, 0.15) is 50.5 Å². The SMILES string of the molecule is O=C1CCCCCN1CCC(=O)N(Cc1ccc(-c2ccccc2)cc1)CC1CCCO1. The fraction of sp³-hybridized carbons (Fsp3) is 0.481. The van der Waals surface area contributed by atoms with Gasteiger partial charge in [0.15, 0.2) is 0 Å². The molecule has 0 bridgehead atoms. The van der Waals surface area contributed by atoms with Gasteiger partial charge >= 0.3 is 0 Å². The van der Waals surface area contributed by atoms with Gasteiger partial charge in [0.25, 0.3) is 0 Å². The van der Waals surface area contributed by atoms with Crippen LogP contribution in [0, 0.1) is 0 Å². The van der Waals surface area contributed by atoms with Gasteiger partial charge in [0.05, 0.1) is 6.10 Å². The summed E-state index contributed by atoms with van der Waals surface area (Å²) in [6, 6.07) is 18.8. The molecule has 0 aromatic heterocycles. The van der Waals surface area contributed by atoms with Crippen LogP contribution in [-0.4, -0.2) is 54.0 Å². The van der Waals surface area contributed by atoms with E-state index in [2.05, 4.69) is 36.4 Å². The summed E-state index contributed by atoms with van der Waals surface area (Å²) in [4.78, 5) is 29.3. The third kappa shape index (κ3) is 6.19. The summed E-state index contributed by atoms with van der Waals surface area (Å²) >= 11 is 0. The van der Waals surface area contributed by atoms with Crippen LogP contribution in [0.4, 0.5) is 0 Å². The average Bonchev–Trinajstić information content (AvgIpc) is 3.25. The molecule has 4 rings (SSSR count). The second-order valence-electron chi connectivity index (χ2n) is 8.91. The zero-order valence-electron chi connectivity index (χ0n) is 18.9. The summed E-state index contributed by atoms with van der Waals surface area (Å²) in [6.07, 6.45) is 6.26. The Balaban J connectivity index is 1.40. The molecule has 2 aromatic rings. The van der Waals surface area contributed by atoms with Crippen molar-refractivity contribution in [3.63, 3.8) is 0 Å². The van der Waals surface area contributed by atoms with Crippen LogP contribution in [0.25, 0.3) is 11.1 Å². The minimum Gasteiger partial charge on any atom is -0.376 e. The standard InChI is InChI=1S/C27H34N2O3/c30-26-11-5-2-6-17-28(26)18-16-27(31)29(21-25-10-7-19-32-25)20-22-12-14-24(15-13-22)23-8-3-1-4-9-23/h1,3-4,8-9,12-15,25H,2,5-7,10-11,16-21H2. The zero-order chi connectivity index (χ0) is 22.2. The molecule has 32 heavy (non-hydrogen) atoms. The second kappa shape index (κ2) is 11.3. The lowest BCUT2D eigenvalue weighted by Gasteiger charge is -2.27. The van der Waals surface area contributed by atoms with E-state index in [4.69, 9.17) is 4.74 Å². The lowest BCUT2D eigenvalue weighted by Crippen LogP contribution is -2.40. The van der Waals surface area contributed by atoms with Gasteiger partial charge in [-0.05, 0) is 42.4 Å². The summed E-state index contributed by atoms with van der Waals surface area (Å²) in [7, 11) is 0. The Hall–Kier alpha value is -2.66. The predicted molar refractivity (Wildman–Crippen MR) is 126 cm³/mol. The first-order chi connectivity index (χ1) is 15.7. The predicted octanol–water partition coefficient (Wildman–Crippen LogP) is 4.65. The van der Waals surface area contributed by atoms with Gasteiger partial charge in [0, 0.05) is 45.6 Å². The van der Waals surface area contributed by atoms with E-state index in [9.17, 15) is 9.59 Å². The Morgan fingerprint density at radius 2 is 1.75 bits per heavy atom. The number of amides is 2. The van der Waals surface area contributed by atoms with Crippen LogP contribution < -0.4 is 0 Å². The number of nitrogens with zero attached hydrogens (tertiary/aromatic N) is 2. The number of ether oxygens (including phenoxy) is 1. The highest BCUT2D eigenvalue weighted by molar-refractivity contribution is 5.79. The Morgan fingerprint density at radius 3 is 2.50 bits per heavy atom. The van der Waals surface area contributed by atoms with E-state index in [0.717, 1.165) is 50.8 Å². The molecule has 0 N–H and O–H groups in total. The van der Waals surface area contributed by atoms with Crippen LogP contribution >= 0.6 is 0 Å². The molecule has 2 heterocycles. The number of hydrogen-bond acceptors (Lipinski definition) is 3. The van der Waals surface area contributed by atoms with Crippen LogP contribution in [-0.2, 0) is 20.9 Å². The molecule has 2 saturated heterocycles. The van der Waals surface area contributed by atoms with E-state index in [1.54, 1.807) is 0 Å². The molecule has 2 amide bonds. The molecule has 2 aliphatic heterocycles. The third-order valence-electron chi connectivity index (χ3n) is 6.50. The number of carbonyl (C=O) groups excluding carboxylic acids is 2. The van der Waals surface area contributed by atoms with Crippen molar-refractivity contribution in [2.45, 2.75) is 57.6 Å². The normalized spacial score (nSPS) is 19.1. The van der Waals surface area contributed by atoms with Crippen LogP contribution in [0.3, 0.4) is 0 Å². The van der Waals surface area contributed by atoms with Crippen molar-refractivity contribution in [3.05, 3.63) is 60.2 Å². The van der Waals surface area contributed by atoms with Gasteiger partial charge in [-0.25, -0.2) is 0 Å². The van der Waals surface area contributed by atoms with Gasteiger partial charge in [-0.2, -0.15) is 0 Å². The summed E-state index contributed by atoms with van der Waals surface area (Å²) in [5.74, 6) is 0.294. The van der Waals surface area contributed by atoms with Crippen molar-refractivity contribution in [2.75, 3.05) is 26.2 Å². The highest BCUT2D eigenvalue weighted by atomic mass is 16.5. The zero-order valence-corrected chi connectivity index (χ0v) is 18.9. The average molecular weight is 435 g/mol. The van der Waals surface area contributed by atoms with Crippen molar-refractivity contribution >= 4 is 11.8 Å². The number of carbonyl (C=O) groups is 2. The summed E-state index contributed by atoms with van der Waals surface area (Å²) in [5.41, 5.74) is 3.47. The molecule has 2 aromatic carbocycles. The molecule has 1 atom stereocenters. The topological polar surface area (TPSA) is 49.9 Å². The largest absolute Gasteiger partial charge is 0.376 e. The van der Waals surface area contributed by atoms with E-state index in [0.29, 0.717) is 32.5 Å². The van der Waals surface area contributed by atoms with Gasteiger partial charge in [-0.1, -0.05) is 61.0 Å². The van der Waals surface area contributed by atoms with E-state index < -0.39 is 0 Å². The molecular formula is C27H34N2O3. The highest BCUT2D eigenvalue weighted by Crippen LogP contribution is 2.21. The molecule has 2 fully saturated rings. The lowest BCUT2D eigenvalue weighted by atomic mass is 10.0. The molecule has 1 unspecified atom stereocenters. The number of likely N-dealkylation sites (tertiary alicyclic amines) is 1. The maximum Gasteiger partial charge on any atom is 0.224 e. The van der Waals surface area contributed by atoms with Crippen molar-refractivity contribution in [1.29, 1.82) is 0 Å². The summed E-state index contributed by atoms with van der Waals surface area (Å²) in [5, 5.41) is 0. The minimum atomic E-state index is 0.102. The molecular weight excluding hydrogens is 400 g/mol. The van der Waals surface area contributed by atoms with Gasteiger partial charge in [-0.3, -0.25) is 9.59 Å². The molecule has 2 aliphatic rings. The first-order valence-corrected chi connectivity index (χ1v) is 12.0. The second-order valence-corrected chi connectivity index (χ2v) is 8.91. The number of benzene rings is 2. The lowest BCUT2D eigenvalue weighted by molar-refractivity contribution is -0.135. The van der Waals surface area contributed by atoms with E-state index >= 15 is 0 Å². The first-order valence-electron chi connectivity index (χ1n) is 12.0. The maximum absolute atomic E-state index is 13.2. The van der Waals surface area contributed by atoms with Crippen LogP contribution in [0.15, 0.2) is 54.6 Å². The Kier molecular flexibility index (Phi) is 7.94. The summed E-state index contributed by atoms with van der Waals surface area (Å²) in [6.45, 7) is 3.26. The smallest absolute Gasteiger partial charge is 0.224 e. The first kappa shape index (κ1) is 22.5. The van der Waals surface area contributed by atoms with Gasteiger partial charge in [-0.15, -0.1) is 0 Å². The van der Waals surface area contributed by atoms with Gasteiger partial charge in [0.1, 0.15) is 0 Å². The Bertz CT molecular complexity index is 876.